The second-order valence-electron chi connectivity index (χ2n) is 12.5. The third kappa shape index (κ3) is 13.7. The van der Waals surface area contributed by atoms with E-state index in [1.165, 1.54) is 0 Å². The fourth-order valence-corrected chi connectivity index (χ4v) is 5.49. The maximum atomic E-state index is 14.1. The Kier molecular flexibility index (Phi) is 15.4. The molecule has 0 aliphatic carbocycles. The Hall–Kier alpha value is -5.48. The number of benzene rings is 4. The highest BCUT2D eigenvalue weighted by molar-refractivity contribution is 5.91. The molecule has 0 aliphatic heterocycles. The molecule has 0 aromatic heterocycles. The smallest absolute Gasteiger partial charge is 0.419 e. The zero-order valence-electron chi connectivity index (χ0n) is 29.6. The molecule has 300 valence electrons. The molecule has 0 aliphatic rings. The van der Waals surface area contributed by atoms with Gasteiger partial charge < -0.3 is 18.9 Å². The van der Waals surface area contributed by atoms with Gasteiger partial charge in [0, 0.05) is 24.3 Å². The standard InChI is InChI=1S/C40H38F8N2O6/c41-31-23-27(17-19-29(31)39(43,44)45)53-33(25-9-3-1-4-10-25)13-7-15-35(49)55-37(51)21-22-38(52)56-36(50)16-8-14-34(26-11-5-2-6-12-26)54-28-18-20-30(32(42)24-28)40(46,47)48/h1-6,9-12,17-24,33-36H,7-8,13-16,49-50H2/b22-21+/t33-,34-,35?,36?/m1/s1. The van der Waals surface area contributed by atoms with E-state index in [2.05, 4.69) is 0 Å². The van der Waals surface area contributed by atoms with Gasteiger partial charge in [-0.1, -0.05) is 60.7 Å². The Labute approximate surface area is 317 Å². The van der Waals surface area contributed by atoms with Crippen LogP contribution in [0, 0.1) is 11.6 Å². The van der Waals surface area contributed by atoms with Crippen LogP contribution >= 0.6 is 0 Å². The average Bonchev–Trinajstić information content (AvgIpc) is 3.13. The van der Waals surface area contributed by atoms with Crippen molar-refractivity contribution < 1.29 is 63.7 Å². The maximum absolute atomic E-state index is 14.1. The minimum absolute atomic E-state index is 0.114. The molecule has 16 heteroatoms. The quantitative estimate of drug-likeness (QED) is 0.0442. The lowest BCUT2D eigenvalue weighted by Gasteiger charge is -2.21. The number of carbonyl (C=O) groups excluding carboxylic acids is 2. The van der Waals surface area contributed by atoms with Gasteiger partial charge in [-0.3, -0.25) is 11.5 Å². The van der Waals surface area contributed by atoms with Crippen molar-refractivity contribution in [1.82, 2.24) is 0 Å². The molecular formula is C40H38F8N2O6. The largest absolute Gasteiger partial charge is 0.486 e. The highest BCUT2D eigenvalue weighted by Gasteiger charge is 2.35. The molecule has 4 N–H and O–H groups in total. The summed E-state index contributed by atoms with van der Waals surface area (Å²) in [6.45, 7) is 0. The summed E-state index contributed by atoms with van der Waals surface area (Å²) in [5.41, 5.74) is 10.4. The molecule has 56 heavy (non-hydrogen) atoms. The number of rotatable bonds is 18. The number of esters is 2. The molecule has 0 radical (unpaired) electrons. The summed E-state index contributed by atoms with van der Waals surface area (Å²) in [6.07, 6.45) is -10.3. The van der Waals surface area contributed by atoms with Crippen LogP contribution in [0.25, 0.3) is 0 Å². The van der Waals surface area contributed by atoms with Gasteiger partial charge in [-0.25, -0.2) is 18.4 Å². The molecule has 0 saturated carbocycles. The van der Waals surface area contributed by atoms with Crippen molar-refractivity contribution in [3.8, 4) is 11.5 Å². The number of carbonyl (C=O) groups is 2. The van der Waals surface area contributed by atoms with Gasteiger partial charge >= 0.3 is 24.3 Å². The van der Waals surface area contributed by atoms with Crippen molar-refractivity contribution in [2.45, 2.75) is 75.5 Å². The first-order chi connectivity index (χ1) is 26.5. The number of ether oxygens (including phenoxy) is 4. The van der Waals surface area contributed by atoms with Crippen molar-refractivity contribution in [3.05, 3.63) is 143 Å². The van der Waals surface area contributed by atoms with E-state index in [0.717, 1.165) is 24.3 Å². The first-order valence-corrected chi connectivity index (χ1v) is 17.3. The van der Waals surface area contributed by atoms with Gasteiger partial charge in [-0.05, 0) is 73.9 Å². The molecule has 0 heterocycles. The van der Waals surface area contributed by atoms with E-state index >= 15 is 0 Å². The number of alkyl halides is 6. The summed E-state index contributed by atoms with van der Waals surface area (Å²) in [5, 5.41) is 0. The molecular weight excluding hydrogens is 756 g/mol. The molecule has 4 aromatic carbocycles. The molecule has 4 rings (SSSR count). The van der Waals surface area contributed by atoms with Crippen LogP contribution in [0.3, 0.4) is 0 Å². The fraction of sp³-hybridized carbons (Fsp3) is 0.300. The zero-order chi connectivity index (χ0) is 40.9. The molecule has 0 saturated heterocycles. The predicted octanol–water partition coefficient (Wildman–Crippen LogP) is 9.50. The molecule has 4 atom stereocenters. The van der Waals surface area contributed by atoms with Crippen LogP contribution in [0.1, 0.15) is 73.0 Å². The topological polar surface area (TPSA) is 123 Å². The van der Waals surface area contributed by atoms with Crippen LogP contribution in [0.15, 0.2) is 109 Å². The number of halogens is 8. The molecule has 8 nitrogen and oxygen atoms in total. The first kappa shape index (κ1) is 43.3. The van der Waals surface area contributed by atoms with Gasteiger partial charge in [-0.2, -0.15) is 26.3 Å². The highest BCUT2D eigenvalue weighted by atomic mass is 19.4. The van der Waals surface area contributed by atoms with Crippen molar-refractivity contribution in [2.24, 2.45) is 11.5 Å². The van der Waals surface area contributed by atoms with Crippen LogP contribution in [0.4, 0.5) is 35.1 Å². The van der Waals surface area contributed by atoms with E-state index in [0.29, 0.717) is 48.2 Å². The Morgan fingerprint density at radius 1 is 0.554 bits per heavy atom. The van der Waals surface area contributed by atoms with E-state index < -0.39 is 71.7 Å². The van der Waals surface area contributed by atoms with E-state index in [9.17, 15) is 44.7 Å². The second-order valence-corrected chi connectivity index (χ2v) is 12.5. The SMILES string of the molecule is NC(CCC[C@@H](Oc1ccc(C(F)(F)F)c(F)c1)c1ccccc1)OC(=O)/C=C/C(=O)OC(N)CCC[C@@H](Oc1ccc(C(F)(F)F)c(F)c1)c1ccccc1. The van der Waals surface area contributed by atoms with E-state index in [1.807, 2.05) is 0 Å². The normalized spacial score (nSPS) is 14.1. The summed E-state index contributed by atoms with van der Waals surface area (Å²) in [5.74, 6) is -5.10. The van der Waals surface area contributed by atoms with Gasteiger partial charge in [0.2, 0.25) is 0 Å². The summed E-state index contributed by atoms with van der Waals surface area (Å²) >= 11 is 0. The Balaban J connectivity index is 1.22. The number of hydrogen-bond donors (Lipinski definition) is 2. The summed E-state index contributed by atoms with van der Waals surface area (Å²) in [7, 11) is 0. The Morgan fingerprint density at radius 3 is 1.23 bits per heavy atom. The summed E-state index contributed by atoms with van der Waals surface area (Å²) in [6, 6.07) is 21.9. The molecule has 2 unspecified atom stereocenters. The van der Waals surface area contributed by atoms with Gasteiger partial charge in [0.15, 0.2) is 12.5 Å². The Bertz CT molecular complexity index is 1770. The van der Waals surface area contributed by atoms with Gasteiger partial charge in [0.25, 0.3) is 0 Å². The van der Waals surface area contributed by atoms with Crippen LogP contribution in [-0.2, 0) is 31.4 Å². The lowest BCUT2D eigenvalue weighted by molar-refractivity contribution is -0.146. The van der Waals surface area contributed by atoms with Crippen molar-refractivity contribution in [1.29, 1.82) is 0 Å². The Morgan fingerprint density at radius 2 is 0.911 bits per heavy atom. The predicted molar refractivity (Wildman–Crippen MR) is 187 cm³/mol. The zero-order valence-corrected chi connectivity index (χ0v) is 29.6. The second kappa shape index (κ2) is 19.9. The lowest BCUT2D eigenvalue weighted by Crippen LogP contribution is -2.27. The molecule has 0 spiro atoms. The van der Waals surface area contributed by atoms with Gasteiger partial charge in [0.05, 0.1) is 11.1 Å². The average molecular weight is 795 g/mol. The fourth-order valence-electron chi connectivity index (χ4n) is 5.49. The maximum Gasteiger partial charge on any atom is 0.419 e. The molecule has 0 bridgehead atoms. The minimum Gasteiger partial charge on any atom is -0.486 e. The van der Waals surface area contributed by atoms with Crippen molar-refractivity contribution >= 4 is 11.9 Å². The van der Waals surface area contributed by atoms with Crippen molar-refractivity contribution in [3.63, 3.8) is 0 Å². The van der Waals surface area contributed by atoms with Gasteiger partial charge in [0.1, 0.15) is 35.3 Å². The monoisotopic (exact) mass is 794 g/mol. The third-order valence-electron chi connectivity index (χ3n) is 8.19. The van der Waals surface area contributed by atoms with Crippen LogP contribution in [-0.4, -0.2) is 24.4 Å². The summed E-state index contributed by atoms with van der Waals surface area (Å²) < 4.78 is 128. The molecule has 0 amide bonds. The lowest BCUT2D eigenvalue weighted by atomic mass is 10.0. The number of nitrogens with two attached hydrogens (primary N) is 2. The highest BCUT2D eigenvalue weighted by Crippen LogP contribution is 2.36. The summed E-state index contributed by atoms with van der Waals surface area (Å²) in [4.78, 5) is 24.6. The first-order valence-electron chi connectivity index (χ1n) is 17.3. The van der Waals surface area contributed by atoms with Crippen molar-refractivity contribution in [2.75, 3.05) is 0 Å². The van der Waals surface area contributed by atoms with Crippen LogP contribution in [0.2, 0.25) is 0 Å². The third-order valence-corrected chi connectivity index (χ3v) is 8.19. The minimum atomic E-state index is -4.86. The van der Waals surface area contributed by atoms with E-state index in [-0.39, 0.29) is 37.2 Å². The van der Waals surface area contributed by atoms with E-state index in [1.54, 1.807) is 60.7 Å². The number of hydrogen-bond acceptors (Lipinski definition) is 8. The van der Waals surface area contributed by atoms with E-state index in [4.69, 9.17) is 30.4 Å². The molecule has 0 fully saturated rings. The van der Waals surface area contributed by atoms with Crippen LogP contribution < -0.4 is 20.9 Å². The van der Waals surface area contributed by atoms with Gasteiger partial charge in [-0.15, -0.1) is 0 Å². The molecule has 4 aromatic rings. The van der Waals surface area contributed by atoms with Crippen LogP contribution in [0.5, 0.6) is 11.5 Å².